The summed E-state index contributed by atoms with van der Waals surface area (Å²) in [4.78, 5) is 35.3. The first-order valence-corrected chi connectivity index (χ1v) is 12.6. The lowest BCUT2D eigenvalue weighted by Gasteiger charge is -2.35. The van der Waals surface area contributed by atoms with Gasteiger partial charge in [0.2, 0.25) is 0 Å². The van der Waals surface area contributed by atoms with Crippen molar-refractivity contribution < 1.29 is 24.2 Å². The number of carbonyl (C=O) groups excluding carboxylic acids is 1. The number of amidine groups is 1. The molecule has 0 spiro atoms. The van der Waals surface area contributed by atoms with Crippen molar-refractivity contribution in [3.05, 3.63) is 61.7 Å². The molecular formula is C23H24Cl2N4O5S. The molecule has 1 saturated heterocycles. The van der Waals surface area contributed by atoms with E-state index in [1.54, 1.807) is 24.4 Å². The van der Waals surface area contributed by atoms with E-state index in [0.717, 1.165) is 0 Å². The molecule has 12 heteroatoms. The summed E-state index contributed by atoms with van der Waals surface area (Å²) in [6.45, 7) is 2.00. The van der Waals surface area contributed by atoms with E-state index < -0.39 is 18.0 Å². The van der Waals surface area contributed by atoms with Crippen molar-refractivity contribution in [2.75, 3.05) is 33.4 Å². The van der Waals surface area contributed by atoms with Crippen LogP contribution >= 0.6 is 34.5 Å². The van der Waals surface area contributed by atoms with E-state index in [1.165, 1.54) is 18.4 Å². The van der Waals surface area contributed by atoms with Crippen molar-refractivity contribution in [1.29, 1.82) is 0 Å². The van der Waals surface area contributed by atoms with Crippen molar-refractivity contribution in [2.24, 2.45) is 4.99 Å². The van der Waals surface area contributed by atoms with Gasteiger partial charge in [0.1, 0.15) is 6.04 Å². The first-order valence-electron chi connectivity index (χ1n) is 10.9. The van der Waals surface area contributed by atoms with Crippen molar-refractivity contribution in [2.45, 2.75) is 25.0 Å². The number of carboxylic acid groups (broad SMARTS) is 1. The zero-order valence-corrected chi connectivity index (χ0v) is 21.2. The molecule has 2 aliphatic rings. The zero-order valence-electron chi connectivity index (χ0n) is 18.9. The molecule has 186 valence electrons. The van der Waals surface area contributed by atoms with E-state index in [-0.39, 0.29) is 12.5 Å². The Hall–Kier alpha value is -2.50. The number of carbonyl (C=O) groups is 2. The second-order valence-corrected chi connectivity index (χ2v) is 9.79. The highest BCUT2D eigenvalue weighted by atomic mass is 35.5. The number of ether oxygens (including phenoxy) is 2. The number of morpholine rings is 1. The number of aliphatic imine (C=N–C) groups is 1. The number of carboxylic acids is 1. The summed E-state index contributed by atoms with van der Waals surface area (Å²) in [6.07, 6.45) is 1.92. The van der Waals surface area contributed by atoms with E-state index in [9.17, 15) is 9.59 Å². The van der Waals surface area contributed by atoms with Crippen LogP contribution in [0.4, 0.5) is 0 Å². The molecular weight excluding hydrogens is 515 g/mol. The fourth-order valence-corrected chi connectivity index (χ4v) is 5.17. The van der Waals surface area contributed by atoms with Crippen LogP contribution in [0.15, 0.2) is 46.0 Å². The van der Waals surface area contributed by atoms with Gasteiger partial charge in [-0.1, -0.05) is 29.3 Å². The quantitative estimate of drug-likeness (QED) is 0.490. The highest BCUT2D eigenvalue weighted by Gasteiger charge is 2.35. The minimum Gasteiger partial charge on any atom is -0.481 e. The van der Waals surface area contributed by atoms with Gasteiger partial charge in [0.05, 0.1) is 25.4 Å². The van der Waals surface area contributed by atoms with Crippen LogP contribution in [-0.2, 0) is 19.1 Å². The van der Waals surface area contributed by atoms with Gasteiger partial charge in [-0.3, -0.25) is 14.7 Å². The number of nitrogens with zero attached hydrogens (tertiary/aromatic N) is 3. The number of methoxy groups -OCH3 is 1. The Bertz CT molecular complexity index is 1150. The SMILES string of the molecule is COC(=O)C1=C(CN2CCO[C@H](CCC(=O)O)C2)NC(c2nccs2)=N[C@@H]1c1ccc(Cl)cc1Cl. The van der Waals surface area contributed by atoms with Gasteiger partial charge in [-0.25, -0.2) is 9.78 Å². The van der Waals surface area contributed by atoms with Crippen molar-refractivity contribution >= 4 is 52.3 Å². The maximum absolute atomic E-state index is 13.0. The third-order valence-corrected chi connectivity index (χ3v) is 7.05. The molecule has 0 unspecified atom stereocenters. The molecule has 0 aliphatic carbocycles. The number of nitrogens with one attached hydrogen (secondary N) is 1. The maximum Gasteiger partial charge on any atom is 0.338 e. The van der Waals surface area contributed by atoms with Gasteiger partial charge < -0.3 is 19.9 Å². The molecule has 9 nitrogen and oxygen atoms in total. The second kappa shape index (κ2) is 11.5. The van der Waals surface area contributed by atoms with Gasteiger partial charge >= 0.3 is 11.9 Å². The highest BCUT2D eigenvalue weighted by molar-refractivity contribution is 7.11. The molecule has 1 aromatic heterocycles. The smallest absolute Gasteiger partial charge is 0.338 e. The predicted octanol–water partition coefficient (Wildman–Crippen LogP) is 3.53. The molecule has 2 atom stereocenters. The molecule has 0 bridgehead atoms. The summed E-state index contributed by atoms with van der Waals surface area (Å²) in [7, 11) is 1.32. The van der Waals surface area contributed by atoms with Crippen LogP contribution in [0.3, 0.4) is 0 Å². The average molecular weight is 539 g/mol. The number of hydrogen-bond donors (Lipinski definition) is 2. The number of esters is 1. The Balaban J connectivity index is 1.70. The average Bonchev–Trinajstić information content (AvgIpc) is 3.37. The Labute approximate surface area is 216 Å². The summed E-state index contributed by atoms with van der Waals surface area (Å²) < 4.78 is 10.9. The van der Waals surface area contributed by atoms with Gasteiger partial charge in [-0.2, -0.15) is 0 Å². The van der Waals surface area contributed by atoms with Crippen molar-refractivity contribution in [1.82, 2.24) is 15.2 Å². The minimum absolute atomic E-state index is 0.0326. The van der Waals surface area contributed by atoms with E-state index in [4.69, 9.17) is 42.8 Å². The fourth-order valence-electron chi connectivity index (χ4n) is 4.07. The maximum atomic E-state index is 13.0. The fraction of sp³-hybridized carbons (Fsp3) is 0.391. The van der Waals surface area contributed by atoms with Crippen LogP contribution in [0, 0.1) is 0 Å². The van der Waals surface area contributed by atoms with Crippen LogP contribution in [0.5, 0.6) is 0 Å². The number of rotatable bonds is 8. The molecule has 0 radical (unpaired) electrons. The predicted molar refractivity (Wildman–Crippen MR) is 133 cm³/mol. The molecule has 2 aromatic rings. The molecule has 4 rings (SSSR count). The molecule has 35 heavy (non-hydrogen) atoms. The van der Waals surface area contributed by atoms with Gasteiger partial charge in [-0.05, 0) is 18.6 Å². The van der Waals surface area contributed by atoms with Gasteiger partial charge in [0, 0.05) is 58.9 Å². The lowest BCUT2D eigenvalue weighted by molar-refractivity contribution is -0.138. The first kappa shape index (κ1) is 25.6. The zero-order chi connectivity index (χ0) is 24.9. The molecule has 1 aromatic carbocycles. The molecule has 0 saturated carbocycles. The largest absolute Gasteiger partial charge is 0.481 e. The van der Waals surface area contributed by atoms with Crippen LogP contribution in [0.25, 0.3) is 0 Å². The number of thiazole rings is 1. The number of halogens is 2. The lowest BCUT2D eigenvalue weighted by Crippen LogP contribution is -2.46. The Kier molecular flexibility index (Phi) is 8.40. The summed E-state index contributed by atoms with van der Waals surface area (Å²) in [5.74, 6) is -0.863. The number of benzene rings is 1. The van der Waals surface area contributed by atoms with Crippen LogP contribution in [0.1, 0.15) is 29.5 Å². The number of aromatic nitrogens is 1. The summed E-state index contributed by atoms with van der Waals surface area (Å²) in [6, 6.07) is 4.34. The Morgan fingerprint density at radius 2 is 2.20 bits per heavy atom. The van der Waals surface area contributed by atoms with E-state index in [2.05, 4.69) is 15.2 Å². The van der Waals surface area contributed by atoms with Crippen LogP contribution in [-0.4, -0.2) is 72.2 Å². The van der Waals surface area contributed by atoms with E-state index in [0.29, 0.717) is 70.4 Å². The van der Waals surface area contributed by atoms with Crippen LogP contribution < -0.4 is 5.32 Å². The highest BCUT2D eigenvalue weighted by Crippen LogP contribution is 2.37. The third kappa shape index (κ3) is 6.20. The summed E-state index contributed by atoms with van der Waals surface area (Å²) >= 11 is 14.1. The topological polar surface area (TPSA) is 113 Å². The normalized spacial score (nSPS) is 20.8. The monoisotopic (exact) mass is 538 g/mol. The minimum atomic E-state index is -0.859. The third-order valence-electron chi connectivity index (χ3n) is 5.71. The van der Waals surface area contributed by atoms with Gasteiger partial charge in [0.25, 0.3) is 0 Å². The standard InChI is InChI=1S/C23H24Cl2N4O5S/c1-33-23(32)19-17(12-29-7-8-34-14(11-29)3-5-18(30)31)27-21(22-26-6-9-35-22)28-20(19)15-4-2-13(24)10-16(15)25/h2,4,6,9-10,14,20H,3,5,7-8,11-12H2,1H3,(H,27,28)(H,30,31)/t14-,20-/m1/s1. The molecule has 3 heterocycles. The molecule has 2 aliphatic heterocycles. The van der Waals surface area contributed by atoms with E-state index in [1.807, 2.05) is 5.38 Å². The summed E-state index contributed by atoms with van der Waals surface area (Å²) in [5, 5.41) is 15.7. The van der Waals surface area contributed by atoms with Crippen LogP contribution in [0.2, 0.25) is 10.0 Å². The second-order valence-electron chi connectivity index (χ2n) is 8.05. The Morgan fingerprint density at radius 1 is 1.37 bits per heavy atom. The molecule has 0 amide bonds. The van der Waals surface area contributed by atoms with Crippen molar-refractivity contribution in [3.63, 3.8) is 0 Å². The number of hydrogen-bond acceptors (Lipinski definition) is 9. The summed E-state index contributed by atoms with van der Waals surface area (Å²) in [5.41, 5.74) is 1.57. The van der Waals surface area contributed by atoms with Gasteiger partial charge in [-0.15, -0.1) is 11.3 Å². The van der Waals surface area contributed by atoms with Crippen molar-refractivity contribution in [3.8, 4) is 0 Å². The van der Waals surface area contributed by atoms with E-state index >= 15 is 0 Å². The lowest BCUT2D eigenvalue weighted by atomic mass is 9.95. The first-order chi connectivity index (χ1) is 16.9. The van der Waals surface area contributed by atoms with Gasteiger partial charge in [0.15, 0.2) is 10.8 Å². The molecule has 1 fully saturated rings. The Morgan fingerprint density at radius 3 is 2.89 bits per heavy atom. The molecule has 2 N–H and O–H groups in total. The number of aliphatic carboxylic acids is 1.